The molecule has 0 radical (unpaired) electrons. The van der Waals surface area contributed by atoms with E-state index in [4.69, 9.17) is 0 Å². The summed E-state index contributed by atoms with van der Waals surface area (Å²) in [6.45, 7) is 2.51. The molecule has 0 aliphatic heterocycles. The van der Waals surface area contributed by atoms with Crippen molar-refractivity contribution in [2.24, 2.45) is 5.41 Å². The summed E-state index contributed by atoms with van der Waals surface area (Å²) in [4.78, 5) is 0. The molecule has 2 unspecified atom stereocenters. The van der Waals surface area contributed by atoms with Gasteiger partial charge in [-0.3, -0.25) is 0 Å². The Balaban J connectivity index is 1.84. The minimum atomic E-state index is 0.0148. The third kappa shape index (κ3) is 2.19. The Morgan fingerprint density at radius 3 is 1.79 bits per heavy atom. The van der Waals surface area contributed by atoms with E-state index in [9.17, 15) is 5.11 Å². The van der Waals surface area contributed by atoms with Gasteiger partial charge in [-0.05, 0) is 40.5 Å². The van der Waals surface area contributed by atoms with Crippen LogP contribution in [0.1, 0.15) is 53.9 Å². The van der Waals surface area contributed by atoms with Gasteiger partial charge in [-0.25, -0.2) is 0 Å². The number of hydrogen-bond donors (Lipinski definition) is 1. The zero-order valence-corrected chi connectivity index (χ0v) is 14.2. The zero-order chi connectivity index (χ0) is 16.6. The molecule has 2 atom stereocenters. The SMILES string of the molecule is CCC(CCO)(C1C=Cc2ccccc21)C1C=Cc2ccccc21. The first-order chi connectivity index (χ1) is 11.8. The molecule has 1 nitrogen and oxygen atoms in total. The first-order valence-electron chi connectivity index (χ1n) is 8.95. The maximum absolute atomic E-state index is 9.90. The highest BCUT2D eigenvalue weighted by Gasteiger charge is 2.45. The van der Waals surface area contributed by atoms with Gasteiger partial charge in [0.2, 0.25) is 0 Å². The van der Waals surface area contributed by atoms with Crippen molar-refractivity contribution in [2.45, 2.75) is 31.6 Å². The molecule has 2 aromatic carbocycles. The minimum absolute atomic E-state index is 0.0148. The summed E-state index contributed by atoms with van der Waals surface area (Å²) in [5.41, 5.74) is 5.49. The molecule has 0 saturated heterocycles. The highest BCUT2D eigenvalue weighted by atomic mass is 16.3. The predicted octanol–water partition coefficient (Wildman–Crippen LogP) is 5.39. The zero-order valence-electron chi connectivity index (χ0n) is 14.2. The molecule has 1 heteroatoms. The van der Waals surface area contributed by atoms with Gasteiger partial charge in [-0.2, -0.15) is 0 Å². The van der Waals surface area contributed by atoms with Crippen molar-refractivity contribution in [3.05, 3.63) is 82.9 Å². The summed E-state index contributed by atoms with van der Waals surface area (Å²) in [5.74, 6) is 0.707. The highest BCUT2D eigenvalue weighted by molar-refractivity contribution is 5.66. The van der Waals surface area contributed by atoms with Gasteiger partial charge >= 0.3 is 0 Å². The molecule has 2 aliphatic rings. The Kier molecular flexibility index (Phi) is 3.90. The molecule has 0 spiro atoms. The Morgan fingerprint density at radius 1 is 0.833 bits per heavy atom. The fourth-order valence-corrected chi connectivity index (χ4v) is 4.83. The fraction of sp³-hybridized carbons (Fsp3) is 0.304. The van der Waals surface area contributed by atoms with Gasteiger partial charge in [0.05, 0.1) is 0 Å². The molecule has 1 N–H and O–H groups in total. The molecule has 0 bridgehead atoms. The highest BCUT2D eigenvalue weighted by Crippen LogP contribution is 2.57. The predicted molar refractivity (Wildman–Crippen MR) is 101 cm³/mol. The van der Waals surface area contributed by atoms with Crippen LogP contribution in [0.2, 0.25) is 0 Å². The van der Waals surface area contributed by atoms with E-state index in [1.54, 1.807) is 0 Å². The molecule has 122 valence electrons. The molecule has 24 heavy (non-hydrogen) atoms. The molecule has 0 aromatic heterocycles. The van der Waals surface area contributed by atoms with Gasteiger partial charge in [0.25, 0.3) is 0 Å². The van der Waals surface area contributed by atoms with Crippen LogP contribution in [-0.4, -0.2) is 11.7 Å². The Morgan fingerprint density at radius 2 is 1.33 bits per heavy atom. The fourth-order valence-electron chi connectivity index (χ4n) is 4.83. The van der Waals surface area contributed by atoms with Crippen LogP contribution in [0, 0.1) is 5.41 Å². The smallest absolute Gasteiger partial charge is 0.0436 e. The summed E-state index contributed by atoms with van der Waals surface area (Å²) in [7, 11) is 0. The Bertz CT molecular complexity index is 738. The van der Waals surface area contributed by atoms with Crippen LogP contribution in [0.25, 0.3) is 12.2 Å². The summed E-state index contributed by atoms with van der Waals surface area (Å²) < 4.78 is 0. The van der Waals surface area contributed by atoms with E-state index in [1.165, 1.54) is 22.3 Å². The van der Waals surface area contributed by atoms with Crippen molar-refractivity contribution < 1.29 is 5.11 Å². The summed E-state index contributed by atoms with van der Waals surface area (Å²) in [6, 6.07) is 17.4. The lowest BCUT2D eigenvalue weighted by Gasteiger charge is -2.43. The average molecular weight is 316 g/mol. The van der Waals surface area contributed by atoms with Crippen LogP contribution in [0.5, 0.6) is 0 Å². The van der Waals surface area contributed by atoms with E-state index in [0.717, 1.165) is 12.8 Å². The second-order valence-electron chi connectivity index (χ2n) is 6.99. The monoisotopic (exact) mass is 316 g/mol. The van der Waals surface area contributed by atoms with Crippen LogP contribution < -0.4 is 0 Å². The van der Waals surface area contributed by atoms with E-state index in [0.29, 0.717) is 11.8 Å². The van der Waals surface area contributed by atoms with Crippen molar-refractivity contribution in [2.75, 3.05) is 6.61 Å². The molecule has 0 fully saturated rings. The summed E-state index contributed by atoms with van der Waals surface area (Å²) in [6.07, 6.45) is 11.1. The van der Waals surface area contributed by atoms with E-state index >= 15 is 0 Å². The van der Waals surface area contributed by atoms with E-state index < -0.39 is 0 Å². The first kappa shape index (κ1) is 15.4. The topological polar surface area (TPSA) is 20.2 Å². The minimum Gasteiger partial charge on any atom is -0.396 e. The van der Waals surface area contributed by atoms with Crippen LogP contribution in [-0.2, 0) is 0 Å². The van der Waals surface area contributed by atoms with Crippen LogP contribution in [0.3, 0.4) is 0 Å². The summed E-state index contributed by atoms with van der Waals surface area (Å²) in [5, 5.41) is 9.90. The third-order valence-corrected chi connectivity index (χ3v) is 6.07. The van der Waals surface area contributed by atoms with Crippen LogP contribution >= 0.6 is 0 Å². The van der Waals surface area contributed by atoms with Gasteiger partial charge in [-0.15, -0.1) is 0 Å². The molecule has 2 aliphatic carbocycles. The Hall–Kier alpha value is -2.12. The second kappa shape index (κ2) is 6.07. The summed E-state index contributed by atoms with van der Waals surface area (Å²) >= 11 is 0. The number of fused-ring (bicyclic) bond motifs is 2. The van der Waals surface area contributed by atoms with E-state index in [2.05, 4.69) is 79.8 Å². The lowest BCUT2D eigenvalue weighted by atomic mass is 9.60. The second-order valence-corrected chi connectivity index (χ2v) is 6.99. The van der Waals surface area contributed by atoms with Gasteiger partial charge in [-0.1, -0.05) is 79.8 Å². The van der Waals surface area contributed by atoms with E-state index in [-0.39, 0.29) is 12.0 Å². The van der Waals surface area contributed by atoms with Crippen molar-refractivity contribution in [1.82, 2.24) is 0 Å². The van der Waals surface area contributed by atoms with Gasteiger partial charge in [0.15, 0.2) is 0 Å². The number of aliphatic hydroxyl groups excluding tert-OH is 1. The number of hydrogen-bond acceptors (Lipinski definition) is 1. The van der Waals surface area contributed by atoms with Crippen molar-refractivity contribution in [3.63, 3.8) is 0 Å². The van der Waals surface area contributed by atoms with Crippen molar-refractivity contribution >= 4 is 12.2 Å². The largest absolute Gasteiger partial charge is 0.396 e. The maximum Gasteiger partial charge on any atom is 0.0436 e. The molecule has 0 heterocycles. The van der Waals surface area contributed by atoms with Gasteiger partial charge in [0.1, 0.15) is 0 Å². The van der Waals surface area contributed by atoms with Crippen LogP contribution in [0.15, 0.2) is 60.7 Å². The molecular formula is C23H24O. The molecule has 0 saturated carbocycles. The number of rotatable bonds is 5. The van der Waals surface area contributed by atoms with Crippen molar-refractivity contribution in [1.29, 1.82) is 0 Å². The normalized spacial score (nSPS) is 23.1. The van der Waals surface area contributed by atoms with Gasteiger partial charge in [0, 0.05) is 18.4 Å². The molecule has 2 aromatic rings. The first-order valence-corrected chi connectivity index (χ1v) is 8.95. The van der Waals surface area contributed by atoms with Gasteiger partial charge < -0.3 is 5.11 Å². The lowest BCUT2D eigenvalue weighted by Crippen LogP contribution is -2.34. The number of aliphatic hydroxyl groups is 1. The van der Waals surface area contributed by atoms with Crippen molar-refractivity contribution in [3.8, 4) is 0 Å². The quantitative estimate of drug-likeness (QED) is 0.784. The third-order valence-electron chi connectivity index (χ3n) is 6.07. The maximum atomic E-state index is 9.90. The van der Waals surface area contributed by atoms with Crippen LogP contribution in [0.4, 0.5) is 0 Å². The average Bonchev–Trinajstić information content (AvgIpc) is 3.25. The Labute approximate surface area is 144 Å². The molecule has 4 rings (SSSR count). The van der Waals surface area contributed by atoms with E-state index in [1.807, 2.05) is 0 Å². The number of allylic oxidation sites excluding steroid dienone is 2. The number of benzene rings is 2. The lowest BCUT2D eigenvalue weighted by molar-refractivity contribution is 0.141. The standard InChI is InChI=1S/C23H24O/c1-2-23(15-16-24,21-13-11-17-7-3-5-9-19(17)21)22-14-12-18-8-4-6-10-20(18)22/h3-14,21-22,24H,2,15-16H2,1H3. The molecular weight excluding hydrogens is 292 g/mol. The molecule has 0 amide bonds.